The topological polar surface area (TPSA) is 115 Å². The van der Waals surface area contributed by atoms with Gasteiger partial charge in [-0.15, -0.1) is 10.2 Å². The minimum Gasteiger partial charge on any atom is -0.495 e. The molecular weight excluding hydrogens is 477 g/mol. The zero-order chi connectivity index (χ0) is 25.1. The van der Waals surface area contributed by atoms with Gasteiger partial charge < -0.3 is 14.5 Å². The molecule has 0 fully saturated rings. The molecule has 2 aromatic carbocycles. The first kappa shape index (κ1) is 25.2. The Morgan fingerprint density at radius 3 is 2.53 bits per heavy atom. The van der Waals surface area contributed by atoms with Gasteiger partial charge in [0.25, 0.3) is 0 Å². The number of hydrogen-bond acceptors (Lipinski definition) is 7. The first-order valence-electron chi connectivity index (χ1n) is 9.82. The van der Waals surface area contributed by atoms with Gasteiger partial charge in [0, 0.05) is 38.2 Å². The third-order valence-electron chi connectivity index (χ3n) is 4.68. The molecule has 0 saturated carbocycles. The zero-order valence-electron chi connectivity index (χ0n) is 18.4. The molecule has 0 radical (unpaired) electrons. The number of alkyl halides is 3. The van der Waals surface area contributed by atoms with Gasteiger partial charge in [0.2, 0.25) is 27.7 Å². The van der Waals surface area contributed by atoms with Crippen molar-refractivity contribution in [2.45, 2.75) is 23.9 Å². The number of methoxy groups -OCH3 is 1. The molecule has 0 aliphatic carbocycles. The monoisotopic (exact) mass is 498 g/mol. The summed E-state index contributed by atoms with van der Waals surface area (Å²) >= 11 is 0. The van der Waals surface area contributed by atoms with Gasteiger partial charge in [0.05, 0.1) is 12.7 Å². The number of anilines is 1. The van der Waals surface area contributed by atoms with Crippen LogP contribution in [0, 0.1) is 0 Å². The number of sulfonamides is 1. The minimum absolute atomic E-state index is 0.0246. The maximum Gasteiger partial charge on any atom is 0.416 e. The number of carbonyl (C=O) groups is 1. The number of aromatic nitrogens is 2. The first-order chi connectivity index (χ1) is 15.9. The lowest BCUT2D eigenvalue weighted by Gasteiger charge is -2.15. The highest BCUT2D eigenvalue weighted by atomic mass is 32.2. The zero-order valence-corrected chi connectivity index (χ0v) is 19.2. The average molecular weight is 498 g/mol. The molecule has 9 nitrogen and oxygen atoms in total. The number of rotatable bonds is 8. The van der Waals surface area contributed by atoms with Gasteiger partial charge in [-0.1, -0.05) is 6.07 Å². The number of amides is 1. The quantitative estimate of drug-likeness (QED) is 0.505. The fourth-order valence-corrected chi connectivity index (χ4v) is 3.97. The predicted octanol–water partition coefficient (Wildman–Crippen LogP) is 3.59. The highest BCUT2D eigenvalue weighted by Crippen LogP contribution is 2.32. The Morgan fingerprint density at radius 2 is 1.88 bits per heavy atom. The molecule has 0 aliphatic rings. The number of ether oxygens (including phenoxy) is 1. The van der Waals surface area contributed by atoms with E-state index in [1.807, 2.05) is 0 Å². The summed E-state index contributed by atoms with van der Waals surface area (Å²) in [6, 6.07) is 8.66. The molecule has 34 heavy (non-hydrogen) atoms. The van der Waals surface area contributed by atoms with Gasteiger partial charge >= 0.3 is 6.18 Å². The van der Waals surface area contributed by atoms with Crippen molar-refractivity contribution >= 4 is 21.6 Å². The van der Waals surface area contributed by atoms with Gasteiger partial charge in [-0.05, 0) is 36.4 Å². The average Bonchev–Trinajstić information content (AvgIpc) is 3.26. The number of benzene rings is 2. The van der Waals surface area contributed by atoms with Crippen LogP contribution in [0.2, 0.25) is 0 Å². The van der Waals surface area contributed by atoms with E-state index in [1.165, 1.54) is 51.5 Å². The summed E-state index contributed by atoms with van der Waals surface area (Å²) in [6.07, 6.45) is -4.58. The van der Waals surface area contributed by atoms with E-state index in [1.54, 1.807) is 0 Å². The van der Waals surface area contributed by atoms with E-state index >= 15 is 0 Å². The Labute approximate surface area is 193 Å². The third kappa shape index (κ3) is 5.72. The van der Waals surface area contributed by atoms with E-state index in [-0.39, 0.29) is 46.5 Å². The van der Waals surface area contributed by atoms with E-state index in [0.29, 0.717) is 0 Å². The van der Waals surface area contributed by atoms with Crippen molar-refractivity contribution in [2.75, 3.05) is 26.5 Å². The molecule has 0 saturated heterocycles. The lowest BCUT2D eigenvalue weighted by Crippen LogP contribution is -2.23. The van der Waals surface area contributed by atoms with Crippen LogP contribution < -0.4 is 10.1 Å². The molecule has 1 heterocycles. The van der Waals surface area contributed by atoms with Crippen molar-refractivity contribution in [3.63, 3.8) is 0 Å². The van der Waals surface area contributed by atoms with Gasteiger partial charge in [-0.2, -0.15) is 13.2 Å². The predicted molar refractivity (Wildman–Crippen MR) is 116 cm³/mol. The van der Waals surface area contributed by atoms with Crippen LogP contribution in [-0.4, -0.2) is 50.0 Å². The van der Waals surface area contributed by atoms with Crippen LogP contribution in [-0.2, 0) is 27.4 Å². The Hall–Kier alpha value is -3.45. The molecule has 3 rings (SSSR count). The normalized spacial score (nSPS) is 12.1. The second-order valence-corrected chi connectivity index (χ2v) is 9.40. The van der Waals surface area contributed by atoms with E-state index in [4.69, 9.17) is 9.15 Å². The maximum atomic E-state index is 12.9. The smallest absolute Gasteiger partial charge is 0.416 e. The summed E-state index contributed by atoms with van der Waals surface area (Å²) in [6.45, 7) is 0. The Balaban J connectivity index is 1.67. The Bertz CT molecular complexity index is 1290. The van der Waals surface area contributed by atoms with E-state index in [0.717, 1.165) is 16.4 Å². The van der Waals surface area contributed by atoms with Crippen LogP contribution in [0.15, 0.2) is 51.8 Å². The minimum atomic E-state index is -4.51. The summed E-state index contributed by atoms with van der Waals surface area (Å²) in [4.78, 5) is 12.2. The number of hydrogen-bond donors (Lipinski definition) is 1. The summed E-state index contributed by atoms with van der Waals surface area (Å²) in [5.41, 5.74) is -0.508. The van der Waals surface area contributed by atoms with Crippen molar-refractivity contribution < 1.29 is 35.5 Å². The SMILES string of the molecule is COc1ccc(NC(=O)CCc2nnc(-c3cccc(C(F)(F)F)c3)o2)cc1S(=O)(=O)N(C)C. The van der Waals surface area contributed by atoms with Crippen molar-refractivity contribution in [1.29, 1.82) is 0 Å². The van der Waals surface area contributed by atoms with Gasteiger partial charge in [0.1, 0.15) is 10.6 Å². The van der Waals surface area contributed by atoms with Crippen LogP contribution in [0.3, 0.4) is 0 Å². The second-order valence-electron chi connectivity index (χ2n) is 7.28. The molecule has 0 unspecified atom stereocenters. The molecule has 13 heteroatoms. The number of nitrogens with zero attached hydrogens (tertiary/aromatic N) is 3. The van der Waals surface area contributed by atoms with Crippen molar-refractivity contribution in [3.8, 4) is 17.2 Å². The highest BCUT2D eigenvalue weighted by Gasteiger charge is 2.31. The van der Waals surface area contributed by atoms with Gasteiger partial charge in [-0.25, -0.2) is 12.7 Å². The fraction of sp³-hybridized carbons (Fsp3) is 0.286. The van der Waals surface area contributed by atoms with E-state index < -0.39 is 27.7 Å². The lowest BCUT2D eigenvalue weighted by molar-refractivity contribution is -0.137. The van der Waals surface area contributed by atoms with Gasteiger partial charge in [-0.3, -0.25) is 4.79 Å². The van der Waals surface area contributed by atoms with Crippen LogP contribution in [0.25, 0.3) is 11.5 Å². The molecule has 3 aromatic rings. The number of aryl methyl sites for hydroxylation is 1. The summed E-state index contributed by atoms with van der Waals surface area (Å²) < 4.78 is 75.2. The van der Waals surface area contributed by atoms with Crippen molar-refractivity contribution in [3.05, 3.63) is 53.9 Å². The second kappa shape index (κ2) is 9.81. The highest BCUT2D eigenvalue weighted by molar-refractivity contribution is 7.89. The first-order valence-corrected chi connectivity index (χ1v) is 11.3. The Kier molecular flexibility index (Phi) is 7.26. The van der Waals surface area contributed by atoms with Crippen LogP contribution in [0.4, 0.5) is 18.9 Å². The van der Waals surface area contributed by atoms with Crippen LogP contribution in [0.1, 0.15) is 17.9 Å². The van der Waals surface area contributed by atoms with Crippen molar-refractivity contribution in [1.82, 2.24) is 14.5 Å². The molecule has 0 aliphatic heterocycles. The molecule has 182 valence electrons. The van der Waals surface area contributed by atoms with Gasteiger partial charge in [0.15, 0.2) is 0 Å². The summed E-state index contributed by atoms with van der Waals surface area (Å²) in [5.74, 6) is -0.375. The van der Waals surface area contributed by atoms with Crippen molar-refractivity contribution in [2.24, 2.45) is 0 Å². The number of halogens is 3. The Morgan fingerprint density at radius 1 is 1.15 bits per heavy atom. The maximum absolute atomic E-state index is 12.9. The third-order valence-corrected chi connectivity index (χ3v) is 6.51. The molecule has 0 spiro atoms. The molecule has 1 aromatic heterocycles. The molecule has 1 N–H and O–H groups in total. The van der Waals surface area contributed by atoms with Crippen LogP contribution in [0.5, 0.6) is 5.75 Å². The van der Waals surface area contributed by atoms with E-state index in [9.17, 15) is 26.4 Å². The molecule has 0 bridgehead atoms. The number of carbonyl (C=O) groups excluding carboxylic acids is 1. The fourth-order valence-electron chi connectivity index (χ4n) is 2.90. The molecule has 0 atom stereocenters. The summed E-state index contributed by atoms with van der Waals surface area (Å²) in [5, 5.41) is 10.1. The summed E-state index contributed by atoms with van der Waals surface area (Å²) in [7, 11) is 0.264. The standard InChI is InChI=1S/C21H21F3N4O5S/c1-28(2)34(30,31)17-12-15(7-8-16(17)32-3)25-18(29)9-10-19-26-27-20(33-19)13-5-4-6-14(11-13)21(22,23)24/h4-8,11-12H,9-10H2,1-3H3,(H,25,29). The lowest BCUT2D eigenvalue weighted by atomic mass is 10.1. The number of nitrogens with one attached hydrogen (secondary N) is 1. The van der Waals surface area contributed by atoms with Crippen LogP contribution >= 0.6 is 0 Å². The largest absolute Gasteiger partial charge is 0.495 e. The molecule has 1 amide bonds. The molecular formula is C21H21F3N4O5S. The van der Waals surface area contributed by atoms with E-state index in [2.05, 4.69) is 15.5 Å².